The van der Waals surface area contributed by atoms with Crippen LogP contribution >= 0.6 is 0 Å². The van der Waals surface area contributed by atoms with E-state index in [4.69, 9.17) is 26.2 Å². The fourth-order valence-electron chi connectivity index (χ4n) is 6.84. The lowest BCUT2D eigenvalue weighted by molar-refractivity contribution is 0.669. The first kappa shape index (κ1) is 24.3. The van der Waals surface area contributed by atoms with Gasteiger partial charge in [-0.2, -0.15) is 0 Å². The quantitative estimate of drug-likeness (QED) is 0.185. The summed E-state index contributed by atoms with van der Waals surface area (Å²) in [5.41, 5.74) is 6.67. The highest BCUT2D eigenvalue weighted by molar-refractivity contribution is 6.13. The van der Waals surface area contributed by atoms with E-state index in [1.165, 1.54) is 0 Å². The predicted molar refractivity (Wildman–Crippen MR) is 209 cm³/mol. The third-order valence-electron chi connectivity index (χ3n) is 9.36. The van der Waals surface area contributed by atoms with Gasteiger partial charge in [-0.1, -0.05) is 139 Å². The fourth-order valence-corrected chi connectivity index (χ4v) is 6.84. The number of fused-ring (bicyclic) bond motifs is 5. The predicted octanol–water partition coefficient (Wildman–Crippen LogP) is 12.4. The van der Waals surface area contributed by atoms with Crippen LogP contribution in [0.1, 0.15) is 6.85 Å². The van der Waals surface area contributed by atoms with Crippen LogP contribution < -0.4 is 0 Å². The maximum Gasteiger partial charge on any atom is 0.164 e. The first-order valence-corrected chi connectivity index (χ1v) is 16.7. The second-order valence-corrected chi connectivity index (χ2v) is 12.5. The minimum atomic E-state index is -0.414. The molecule has 0 radical (unpaired) electrons. The summed E-state index contributed by atoms with van der Waals surface area (Å²) in [6, 6.07) is 46.7. The van der Waals surface area contributed by atoms with E-state index in [1.54, 1.807) is 6.07 Å². The van der Waals surface area contributed by atoms with Gasteiger partial charge in [-0.3, -0.25) is 0 Å². The molecule has 0 bridgehead atoms. The van der Waals surface area contributed by atoms with Gasteiger partial charge in [-0.05, 0) is 80.2 Å². The van der Waals surface area contributed by atoms with Crippen molar-refractivity contribution in [2.45, 2.75) is 0 Å². The molecule has 0 saturated heterocycles. The smallest absolute Gasteiger partial charge is 0.164 e. The molecule has 0 unspecified atom stereocenters. The van der Waals surface area contributed by atoms with Crippen molar-refractivity contribution in [1.82, 2.24) is 15.0 Å². The molecule has 8 aromatic carbocycles. The summed E-state index contributed by atoms with van der Waals surface area (Å²) in [6.45, 7) is 0. The van der Waals surface area contributed by atoms with Crippen LogP contribution in [0.5, 0.6) is 0 Å². The summed E-state index contributed by atoms with van der Waals surface area (Å²) >= 11 is 0. The Morgan fingerprint density at radius 2 is 0.980 bits per heavy atom. The molecule has 0 N–H and O–H groups in total. The highest BCUT2D eigenvalue weighted by Crippen LogP contribution is 2.40. The van der Waals surface area contributed by atoms with Gasteiger partial charge in [0.1, 0.15) is 11.2 Å². The van der Waals surface area contributed by atoms with E-state index in [9.17, 15) is 0 Å². The Kier molecular flexibility index (Phi) is 5.66. The number of para-hydroxylation sites is 1. The van der Waals surface area contributed by atoms with E-state index < -0.39 is 6.04 Å². The minimum absolute atomic E-state index is 0.167. The van der Waals surface area contributed by atoms with Gasteiger partial charge in [-0.15, -0.1) is 0 Å². The number of hydrogen-bond acceptors (Lipinski definition) is 4. The van der Waals surface area contributed by atoms with E-state index in [0.29, 0.717) is 23.0 Å². The van der Waals surface area contributed by atoms with Gasteiger partial charge in [0.2, 0.25) is 0 Å². The molecular formula is C47H29N3O. The van der Waals surface area contributed by atoms with Crippen LogP contribution in [0.4, 0.5) is 0 Å². The zero-order valence-corrected chi connectivity index (χ0v) is 27.1. The van der Waals surface area contributed by atoms with Crippen molar-refractivity contribution in [2.24, 2.45) is 0 Å². The van der Waals surface area contributed by atoms with Crippen molar-refractivity contribution < 1.29 is 11.3 Å². The van der Waals surface area contributed by atoms with Crippen molar-refractivity contribution in [1.29, 1.82) is 0 Å². The van der Waals surface area contributed by atoms with Crippen molar-refractivity contribution in [2.75, 3.05) is 0 Å². The van der Waals surface area contributed by atoms with Crippen LogP contribution in [0.25, 0.3) is 99.9 Å². The number of nitrogens with zero attached hydrogens (tertiary/aromatic N) is 3. The van der Waals surface area contributed by atoms with E-state index in [0.717, 1.165) is 71.3 Å². The second-order valence-electron chi connectivity index (χ2n) is 12.5. The maximum atomic E-state index is 8.49. The monoisotopic (exact) mass is 656 g/mol. The lowest BCUT2D eigenvalue weighted by atomic mass is 9.96. The summed E-state index contributed by atoms with van der Waals surface area (Å²) in [5.74, 6) is 1.52. The summed E-state index contributed by atoms with van der Waals surface area (Å²) in [5, 5.41) is 5.90. The molecule has 4 heteroatoms. The third-order valence-corrected chi connectivity index (χ3v) is 9.36. The lowest BCUT2D eigenvalue weighted by Gasteiger charge is -2.12. The van der Waals surface area contributed by atoms with Gasteiger partial charge in [0.25, 0.3) is 0 Å². The van der Waals surface area contributed by atoms with Crippen LogP contribution in [-0.4, -0.2) is 15.0 Å². The molecule has 0 aliphatic rings. The van der Waals surface area contributed by atoms with Gasteiger partial charge < -0.3 is 4.42 Å². The topological polar surface area (TPSA) is 51.8 Å². The molecule has 0 saturated carbocycles. The summed E-state index contributed by atoms with van der Waals surface area (Å²) in [4.78, 5) is 15.3. The van der Waals surface area contributed by atoms with Crippen molar-refractivity contribution in [3.8, 4) is 56.4 Å². The highest BCUT2D eigenvalue weighted by Gasteiger charge is 2.20. The Balaban J connectivity index is 1.17. The van der Waals surface area contributed by atoms with Crippen molar-refractivity contribution in [3.05, 3.63) is 176 Å². The summed E-state index contributed by atoms with van der Waals surface area (Å²) in [6.07, 6.45) is 0. The number of aromatic nitrogens is 3. The summed E-state index contributed by atoms with van der Waals surface area (Å²) in [7, 11) is 0. The second kappa shape index (κ2) is 11.9. The largest absolute Gasteiger partial charge is 0.456 e. The Labute approximate surface area is 301 Å². The van der Waals surface area contributed by atoms with Crippen LogP contribution in [0.15, 0.2) is 180 Å². The first-order chi connectivity index (χ1) is 27.3. The lowest BCUT2D eigenvalue weighted by Crippen LogP contribution is -2.00. The fraction of sp³-hybridized carbons (Fsp3) is 0. The molecule has 2 heterocycles. The average molecular weight is 657 g/mol. The SMILES string of the molecule is [2H]c1c([2H])c([2H])c(-c2ccc3cc(-c4nc(-c5ccccc5)nc(-c5cc(-c6ccc7ccccc7c6)cc6oc7ccccc7c56)n4)ccc3c2)c([2H])c1[2H]. The van der Waals surface area contributed by atoms with E-state index >= 15 is 0 Å². The highest BCUT2D eigenvalue weighted by atomic mass is 16.3. The number of benzene rings is 8. The van der Waals surface area contributed by atoms with Crippen LogP contribution in [0.3, 0.4) is 0 Å². The van der Waals surface area contributed by atoms with E-state index in [2.05, 4.69) is 48.5 Å². The standard InChI is InChI=1S/C47H29N3O/c1-3-11-30(12-4-1)34-21-22-36-27-38(24-23-35(36)26-34)46-48-45(32-14-5-2-6-15-32)49-47(50-46)41-28-39(37-20-19-31-13-7-8-16-33(31)25-37)29-43-44(41)40-17-9-10-18-42(40)51-43/h1-29H/i1D,3D,4D,11D,12D. The zero-order chi connectivity index (χ0) is 38.1. The molecule has 10 aromatic rings. The maximum absolute atomic E-state index is 8.49. The molecule has 0 aliphatic heterocycles. The first-order valence-electron chi connectivity index (χ1n) is 19.2. The molecule has 0 atom stereocenters. The average Bonchev–Trinajstić information content (AvgIpc) is 3.63. The molecular weight excluding hydrogens is 623 g/mol. The molecule has 2 aromatic heterocycles. The van der Waals surface area contributed by atoms with Gasteiger partial charge in [0, 0.05) is 27.5 Å². The van der Waals surface area contributed by atoms with Crippen molar-refractivity contribution in [3.63, 3.8) is 0 Å². The van der Waals surface area contributed by atoms with Gasteiger partial charge in [0.15, 0.2) is 17.5 Å². The molecule has 10 rings (SSSR count). The molecule has 0 fully saturated rings. The number of rotatable bonds is 5. The Hall–Kier alpha value is -6.91. The Bertz CT molecular complexity index is 3190. The minimum Gasteiger partial charge on any atom is -0.456 e. The van der Waals surface area contributed by atoms with Crippen LogP contribution in [-0.2, 0) is 0 Å². The zero-order valence-electron chi connectivity index (χ0n) is 32.1. The van der Waals surface area contributed by atoms with E-state index in [-0.39, 0.29) is 29.7 Å². The normalized spacial score (nSPS) is 12.9. The Morgan fingerprint density at radius 1 is 0.392 bits per heavy atom. The molecule has 0 spiro atoms. The van der Waals surface area contributed by atoms with Crippen molar-refractivity contribution >= 4 is 43.5 Å². The van der Waals surface area contributed by atoms with Gasteiger partial charge >= 0.3 is 0 Å². The van der Waals surface area contributed by atoms with E-state index in [1.807, 2.05) is 91.0 Å². The molecule has 51 heavy (non-hydrogen) atoms. The summed E-state index contributed by atoms with van der Waals surface area (Å²) < 4.78 is 47.8. The molecule has 4 nitrogen and oxygen atoms in total. The Morgan fingerprint density at radius 3 is 1.78 bits per heavy atom. The molecule has 0 aliphatic carbocycles. The van der Waals surface area contributed by atoms with Gasteiger partial charge in [-0.25, -0.2) is 15.0 Å². The third kappa shape index (κ3) is 5.22. The molecule has 238 valence electrons. The van der Waals surface area contributed by atoms with Gasteiger partial charge in [0.05, 0.1) is 6.85 Å². The van der Waals surface area contributed by atoms with Crippen LogP contribution in [0, 0.1) is 0 Å². The van der Waals surface area contributed by atoms with Crippen LogP contribution in [0.2, 0.25) is 0 Å². The number of hydrogen-bond donors (Lipinski definition) is 0. The number of furan rings is 1. The molecule has 0 amide bonds.